The molecule has 0 bridgehead atoms. The number of halogens is 3. The number of aromatic nitrogens is 8. The van der Waals surface area contributed by atoms with E-state index in [0.717, 1.165) is 56.8 Å². The largest absolute Gasteiger partial charge is 0.494 e. The molecule has 2 saturated heterocycles. The van der Waals surface area contributed by atoms with Crippen LogP contribution in [-0.4, -0.2) is 279 Å². The maximum absolute atomic E-state index is 13.8. The van der Waals surface area contributed by atoms with Crippen molar-refractivity contribution in [2.24, 2.45) is 0 Å². The van der Waals surface area contributed by atoms with Crippen molar-refractivity contribution in [3.05, 3.63) is 113 Å². The van der Waals surface area contributed by atoms with Gasteiger partial charge in [-0.15, -0.1) is 10.2 Å². The third kappa shape index (κ3) is 24.6. The molecule has 0 radical (unpaired) electrons. The third-order valence-corrected chi connectivity index (χ3v) is 16.1. The Morgan fingerprint density at radius 3 is 1.95 bits per heavy atom. The highest BCUT2D eigenvalue weighted by atomic mass is 19.1. The summed E-state index contributed by atoms with van der Waals surface area (Å²) in [5.74, 6) is -7.46. The number of carbonyl (C=O) groups excluding carboxylic acids is 5. The van der Waals surface area contributed by atoms with Crippen molar-refractivity contribution in [2.45, 2.75) is 51.7 Å². The summed E-state index contributed by atoms with van der Waals surface area (Å²) >= 11 is 0. The monoisotopic (exact) mass is 1400 g/mol. The lowest BCUT2D eigenvalue weighted by Crippen LogP contribution is -2.48. The smallest absolute Gasteiger partial charge is 0.313 e. The molecule has 8 rings (SSSR count). The minimum Gasteiger partial charge on any atom is -0.494 e. The Labute approximate surface area is 576 Å². The van der Waals surface area contributed by atoms with Crippen LogP contribution >= 0.6 is 0 Å². The summed E-state index contributed by atoms with van der Waals surface area (Å²) in [7, 11) is 1.43. The summed E-state index contributed by atoms with van der Waals surface area (Å²) in [5.41, 5.74) is 3.42. The number of piperidine rings is 1. The van der Waals surface area contributed by atoms with Crippen LogP contribution < -0.4 is 14.8 Å². The predicted octanol–water partition coefficient (Wildman–Crippen LogP) is 3.61. The van der Waals surface area contributed by atoms with E-state index in [1.54, 1.807) is 15.8 Å². The van der Waals surface area contributed by atoms with Gasteiger partial charge in [-0.2, -0.15) is 9.94 Å². The first-order chi connectivity index (χ1) is 48.8. The number of fused-ring (bicyclic) bond motifs is 1. The molecule has 542 valence electrons. The maximum Gasteiger partial charge on any atom is 0.313 e. The average Bonchev–Trinajstić information content (AvgIpc) is 1.61. The number of ketones is 1. The molecule has 2 fully saturated rings. The summed E-state index contributed by atoms with van der Waals surface area (Å²) in [5, 5.41) is 35.2. The molecule has 2 aliphatic rings. The predicted molar refractivity (Wildman–Crippen MR) is 351 cm³/mol. The highest BCUT2D eigenvalue weighted by molar-refractivity contribution is 6.45. The number of methoxy groups -OCH3 is 1. The summed E-state index contributed by atoms with van der Waals surface area (Å²) in [4.78, 5) is 85.3. The van der Waals surface area contributed by atoms with Crippen molar-refractivity contribution in [2.75, 3.05) is 185 Å². The van der Waals surface area contributed by atoms with Gasteiger partial charge in [0.05, 0.1) is 173 Å². The number of piperazine rings is 1. The normalized spacial score (nSPS) is 13.6. The number of ether oxygens (including phenoxy) is 10. The number of nitriles is 1. The number of aromatic amines is 1. The van der Waals surface area contributed by atoms with E-state index >= 15 is 0 Å². The summed E-state index contributed by atoms with van der Waals surface area (Å²) in [6, 6.07) is 12.5. The van der Waals surface area contributed by atoms with Crippen molar-refractivity contribution < 1.29 is 89.6 Å². The molecule has 33 heteroatoms. The SMILES string of the molecule is COc1cnc(-n2cnc(C(=O)NCCCN(CCCN3CCN(CCOCCOCCOCCOCc4cn(CCOCCOCCOCCOCCC(=O)Oc5c(F)cc(F)cc5F)nn4)CC3)C(=O)CCO)n2)c2[nH]cc(C(=O)C(=O)N3CCC(=C(C#N)c4ccccc4)CC3)c12. The molecular formula is C67H87F3N14O16. The Morgan fingerprint density at radius 2 is 1.32 bits per heavy atom. The number of likely N-dealkylation sites (tertiary alicyclic amines) is 1. The zero-order valence-corrected chi connectivity index (χ0v) is 56.2. The van der Waals surface area contributed by atoms with E-state index in [0.29, 0.717) is 152 Å². The topological polar surface area (TPSA) is 337 Å². The fraction of sp³-hybridized carbons (Fsp3) is 0.537. The Hall–Kier alpha value is -8.66. The van der Waals surface area contributed by atoms with Crippen LogP contribution in [0.25, 0.3) is 22.3 Å². The summed E-state index contributed by atoms with van der Waals surface area (Å²) < 4.78 is 97.9. The number of nitrogens with zero attached hydrogens (tertiary/aromatic N) is 12. The van der Waals surface area contributed by atoms with Gasteiger partial charge >= 0.3 is 5.97 Å². The highest BCUT2D eigenvalue weighted by Gasteiger charge is 2.31. The van der Waals surface area contributed by atoms with Crippen LogP contribution in [0.15, 0.2) is 73.0 Å². The third-order valence-electron chi connectivity index (χ3n) is 16.1. The molecular weight excluding hydrogens is 1310 g/mol. The van der Waals surface area contributed by atoms with Gasteiger partial charge in [0.25, 0.3) is 17.6 Å². The zero-order chi connectivity index (χ0) is 70.7. The number of nitrogens with one attached hydrogen (secondary N) is 2. The zero-order valence-electron chi connectivity index (χ0n) is 56.2. The average molecular weight is 1400 g/mol. The van der Waals surface area contributed by atoms with Gasteiger partial charge in [0.15, 0.2) is 17.5 Å². The van der Waals surface area contributed by atoms with Crippen molar-refractivity contribution >= 4 is 46.0 Å². The van der Waals surface area contributed by atoms with Crippen molar-refractivity contribution in [1.29, 1.82) is 5.26 Å². The number of esters is 1. The quantitative estimate of drug-likeness (QED) is 0.0123. The number of Topliss-reactive ketones (excluding diaryl/α,β-unsaturated/α-hetero) is 1. The summed E-state index contributed by atoms with van der Waals surface area (Å²) in [6.45, 7) is 12.6. The lowest BCUT2D eigenvalue weighted by molar-refractivity contribution is -0.136. The minimum atomic E-state index is -1.31. The van der Waals surface area contributed by atoms with Gasteiger partial charge in [-0.25, -0.2) is 27.8 Å². The molecule has 0 unspecified atom stereocenters. The van der Waals surface area contributed by atoms with E-state index < -0.39 is 46.8 Å². The van der Waals surface area contributed by atoms with Crippen LogP contribution in [0.1, 0.15) is 70.8 Å². The molecule has 3 amide bonds. The lowest BCUT2D eigenvalue weighted by atomic mass is 9.93. The number of aliphatic hydroxyl groups excluding tert-OH is 1. The summed E-state index contributed by atoms with van der Waals surface area (Å²) in [6.07, 6.45) is 7.77. The molecule has 6 heterocycles. The minimum absolute atomic E-state index is 0.00120. The van der Waals surface area contributed by atoms with Gasteiger partial charge in [-0.3, -0.25) is 28.9 Å². The van der Waals surface area contributed by atoms with Gasteiger partial charge in [-0.05, 0) is 43.4 Å². The molecule has 6 aromatic rings. The second kappa shape index (κ2) is 42.4. The Bertz CT molecular complexity index is 3590. The second-order valence-electron chi connectivity index (χ2n) is 22.9. The van der Waals surface area contributed by atoms with E-state index in [-0.39, 0.29) is 94.4 Å². The fourth-order valence-corrected chi connectivity index (χ4v) is 10.8. The molecule has 3 N–H and O–H groups in total. The van der Waals surface area contributed by atoms with Crippen LogP contribution in [0.3, 0.4) is 0 Å². The molecule has 100 heavy (non-hydrogen) atoms. The number of hydrogen-bond acceptors (Lipinski definition) is 24. The van der Waals surface area contributed by atoms with Crippen LogP contribution in [0.5, 0.6) is 11.5 Å². The first-order valence-corrected chi connectivity index (χ1v) is 33.3. The fourth-order valence-electron chi connectivity index (χ4n) is 10.8. The van der Waals surface area contributed by atoms with Gasteiger partial charge in [0.2, 0.25) is 17.5 Å². The van der Waals surface area contributed by atoms with Gasteiger partial charge in [-0.1, -0.05) is 35.5 Å². The molecule has 0 atom stereocenters. The van der Waals surface area contributed by atoms with E-state index in [9.17, 15) is 47.5 Å². The van der Waals surface area contributed by atoms with Crippen molar-refractivity contribution in [1.82, 2.24) is 64.6 Å². The van der Waals surface area contributed by atoms with E-state index in [1.165, 1.54) is 35.4 Å². The highest BCUT2D eigenvalue weighted by Crippen LogP contribution is 2.33. The molecule has 0 saturated carbocycles. The standard InChI is InChI=1S/C67H87F3N14O16/c1-91-57-45-74-65(61-60(57)54(44-73-61)62(88)67(90)82-17-9-50(10-18-82)53(43-71)49-7-3-2-4-8-49)84-48-75-64(77-84)66(89)72-13-5-15-81(58(86)11-25-85)16-6-14-79-19-21-80(22-20-79)23-27-93-30-33-96-37-38-98-39-40-99-47-52-46-83(78-76-52)24-28-94-31-34-97-36-35-95-32-29-92-26-12-59(87)100-63-55(69)41-51(68)42-56(63)70/h2-4,7-8,41-42,44-46,48,73,85H,5-6,9-40,47H2,1H3,(H,72,89). The number of rotatable bonds is 46. The van der Waals surface area contributed by atoms with Crippen LogP contribution in [0.4, 0.5) is 13.2 Å². The first-order valence-electron chi connectivity index (χ1n) is 33.3. The Balaban J connectivity index is 0.593. The molecule has 30 nitrogen and oxygen atoms in total. The first kappa shape index (κ1) is 77.1. The van der Waals surface area contributed by atoms with Crippen molar-refractivity contribution in [3.8, 4) is 23.4 Å². The molecule has 2 aromatic carbocycles. The molecule has 0 aliphatic carbocycles. The number of benzene rings is 2. The van der Waals surface area contributed by atoms with Gasteiger partial charge in [0.1, 0.15) is 23.6 Å². The number of aliphatic hydroxyl groups is 1. The van der Waals surface area contributed by atoms with Crippen LogP contribution in [0.2, 0.25) is 0 Å². The number of carbonyl (C=O) groups is 5. The Morgan fingerprint density at radius 1 is 0.720 bits per heavy atom. The Kier molecular flexibility index (Phi) is 32.7. The second-order valence-corrected chi connectivity index (χ2v) is 22.9. The van der Waals surface area contributed by atoms with Crippen molar-refractivity contribution in [3.63, 3.8) is 0 Å². The van der Waals surface area contributed by atoms with Crippen LogP contribution in [0, 0.1) is 28.8 Å². The number of hydrogen-bond donors (Lipinski definition) is 3. The van der Waals surface area contributed by atoms with E-state index in [1.807, 2.05) is 30.3 Å². The molecule has 2 aliphatic heterocycles. The number of H-pyrrole nitrogens is 1. The van der Waals surface area contributed by atoms with Gasteiger partial charge < -0.3 is 77.5 Å². The number of pyridine rings is 1. The van der Waals surface area contributed by atoms with E-state index in [4.69, 9.17) is 42.6 Å². The number of amides is 3. The number of allylic oxidation sites excluding steroid dienone is 1. The lowest BCUT2D eigenvalue weighted by Gasteiger charge is -2.35. The molecule has 4 aromatic heterocycles. The maximum atomic E-state index is 13.8. The van der Waals surface area contributed by atoms with Crippen LogP contribution in [-0.2, 0) is 65.4 Å². The molecule has 0 spiro atoms. The van der Waals surface area contributed by atoms with Gasteiger partial charge in [0, 0.05) is 90.2 Å². The van der Waals surface area contributed by atoms with E-state index in [2.05, 4.69) is 56.3 Å².